The standard InChI is InChI=1S/C19H20F2N2O2/c1-22-9-8-13(11-22)12-23(19(24)25)18-7-6-14(20)10-16(18)15-4-2-3-5-17(15)21/h2-7,10,13H,8-9,11-12H2,1H3,(H,24,25). The van der Waals surface area contributed by atoms with Crippen molar-refractivity contribution in [2.75, 3.05) is 31.6 Å². The van der Waals surface area contributed by atoms with Gasteiger partial charge in [0.25, 0.3) is 0 Å². The van der Waals surface area contributed by atoms with Crippen molar-refractivity contribution in [1.82, 2.24) is 4.90 Å². The molecule has 0 aromatic heterocycles. The van der Waals surface area contributed by atoms with Crippen LogP contribution in [0.25, 0.3) is 11.1 Å². The smallest absolute Gasteiger partial charge is 0.411 e. The highest BCUT2D eigenvalue weighted by atomic mass is 19.1. The summed E-state index contributed by atoms with van der Waals surface area (Å²) in [6.45, 7) is 2.02. The molecule has 132 valence electrons. The van der Waals surface area contributed by atoms with Crippen molar-refractivity contribution in [3.05, 3.63) is 54.1 Å². The second-order valence-electron chi connectivity index (χ2n) is 6.45. The number of carbonyl (C=O) groups is 1. The molecule has 1 N–H and O–H groups in total. The molecule has 0 bridgehead atoms. The van der Waals surface area contributed by atoms with Gasteiger partial charge in [0.2, 0.25) is 0 Å². The number of carboxylic acid groups (broad SMARTS) is 1. The zero-order valence-electron chi connectivity index (χ0n) is 14.0. The van der Waals surface area contributed by atoms with E-state index in [-0.39, 0.29) is 17.0 Å². The lowest BCUT2D eigenvalue weighted by atomic mass is 10.0. The maximum absolute atomic E-state index is 14.2. The summed E-state index contributed by atoms with van der Waals surface area (Å²) in [5, 5.41) is 9.69. The van der Waals surface area contributed by atoms with E-state index >= 15 is 0 Å². The van der Waals surface area contributed by atoms with Crippen LogP contribution in [-0.4, -0.2) is 42.8 Å². The number of amides is 1. The van der Waals surface area contributed by atoms with E-state index in [0.717, 1.165) is 19.5 Å². The van der Waals surface area contributed by atoms with Crippen molar-refractivity contribution in [3.63, 3.8) is 0 Å². The molecule has 1 unspecified atom stereocenters. The second-order valence-corrected chi connectivity index (χ2v) is 6.45. The first-order chi connectivity index (χ1) is 12.0. The monoisotopic (exact) mass is 346 g/mol. The first kappa shape index (κ1) is 17.4. The average Bonchev–Trinajstić information content (AvgIpc) is 2.98. The summed E-state index contributed by atoms with van der Waals surface area (Å²) in [4.78, 5) is 15.2. The van der Waals surface area contributed by atoms with Crippen LogP contribution >= 0.6 is 0 Å². The average molecular weight is 346 g/mol. The SMILES string of the molecule is CN1CCC(CN(C(=O)O)c2ccc(F)cc2-c2ccccc2F)C1. The molecule has 2 aromatic rings. The fraction of sp³-hybridized carbons (Fsp3) is 0.316. The van der Waals surface area contributed by atoms with Crippen molar-refractivity contribution in [2.24, 2.45) is 5.92 Å². The number of benzene rings is 2. The van der Waals surface area contributed by atoms with E-state index in [9.17, 15) is 18.7 Å². The number of hydrogen-bond donors (Lipinski definition) is 1. The van der Waals surface area contributed by atoms with Crippen LogP contribution in [0.15, 0.2) is 42.5 Å². The Morgan fingerprint density at radius 1 is 1.24 bits per heavy atom. The second kappa shape index (κ2) is 7.19. The largest absolute Gasteiger partial charge is 0.465 e. The molecule has 0 aliphatic carbocycles. The van der Waals surface area contributed by atoms with E-state index in [1.54, 1.807) is 12.1 Å². The van der Waals surface area contributed by atoms with Gasteiger partial charge in [-0.15, -0.1) is 0 Å². The Kier molecular flexibility index (Phi) is 4.99. The number of nitrogens with zero attached hydrogens (tertiary/aromatic N) is 2. The van der Waals surface area contributed by atoms with Crippen LogP contribution in [0.4, 0.5) is 19.3 Å². The molecule has 1 atom stereocenters. The maximum Gasteiger partial charge on any atom is 0.411 e. The number of hydrogen-bond acceptors (Lipinski definition) is 2. The van der Waals surface area contributed by atoms with Gasteiger partial charge in [-0.05, 0) is 50.2 Å². The van der Waals surface area contributed by atoms with E-state index in [0.29, 0.717) is 12.2 Å². The number of anilines is 1. The minimum atomic E-state index is -1.13. The van der Waals surface area contributed by atoms with Gasteiger partial charge in [0.1, 0.15) is 11.6 Å². The highest BCUT2D eigenvalue weighted by molar-refractivity contribution is 5.93. The maximum atomic E-state index is 14.2. The van der Waals surface area contributed by atoms with Gasteiger partial charge in [-0.25, -0.2) is 13.6 Å². The lowest BCUT2D eigenvalue weighted by Gasteiger charge is -2.25. The summed E-state index contributed by atoms with van der Waals surface area (Å²) in [5.74, 6) is -0.854. The Bertz CT molecular complexity index is 782. The van der Waals surface area contributed by atoms with Crippen molar-refractivity contribution in [1.29, 1.82) is 0 Å². The molecule has 3 rings (SSSR count). The third-order valence-electron chi connectivity index (χ3n) is 4.57. The minimum absolute atomic E-state index is 0.187. The van der Waals surface area contributed by atoms with Crippen molar-refractivity contribution in [2.45, 2.75) is 6.42 Å². The van der Waals surface area contributed by atoms with E-state index in [1.807, 2.05) is 7.05 Å². The molecular formula is C19H20F2N2O2. The van der Waals surface area contributed by atoms with Crippen molar-refractivity contribution in [3.8, 4) is 11.1 Å². The Balaban J connectivity index is 2.02. The van der Waals surface area contributed by atoms with E-state index < -0.39 is 17.7 Å². The van der Waals surface area contributed by atoms with Gasteiger partial charge in [0, 0.05) is 24.2 Å². The van der Waals surface area contributed by atoms with Gasteiger partial charge < -0.3 is 10.0 Å². The van der Waals surface area contributed by atoms with Gasteiger partial charge in [-0.2, -0.15) is 0 Å². The molecular weight excluding hydrogens is 326 g/mol. The topological polar surface area (TPSA) is 43.8 Å². The highest BCUT2D eigenvalue weighted by Crippen LogP contribution is 2.34. The number of likely N-dealkylation sites (tertiary alicyclic amines) is 1. The zero-order valence-corrected chi connectivity index (χ0v) is 14.0. The highest BCUT2D eigenvalue weighted by Gasteiger charge is 2.27. The fourth-order valence-corrected chi connectivity index (χ4v) is 3.35. The van der Waals surface area contributed by atoms with Crippen LogP contribution in [0.5, 0.6) is 0 Å². The van der Waals surface area contributed by atoms with Crippen LogP contribution in [0, 0.1) is 17.6 Å². The molecule has 2 aromatic carbocycles. The van der Waals surface area contributed by atoms with Crippen LogP contribution < -0.4 is 4.90 Å². The van der Waals surface area contributed by atoms with Crippen molar-refractivity contribution >= 4 is 11.8 Å². The zero-order chi connectivity index (χ0) is 18.0. The summed E-state index contributed by atoms with van der Waals surface area (Å²) in [6, 6.07) is 9.79. The third kappa shape index (κ3) is 3.79. The molecule has 1 heterocycles. The van der Waals surface area contributed by atoms with Crippen LogP contribution in [0.1, 0.15) is 6.42 Å². The normalized spacial score (nSPS) is 17.6. The lowest BCUT2D eigenvalue weighted by Crippen LogP contribution is -2.35. The molecule has 1 aliphatic rings. The van der Waals surface area contributed by atoms with Gasteiger partial charge in [-0.3, -0.25) is 4.90 Å². The van der Waals surface area contributed by atoms with E-state index in [2.05, 4.69) is 4.90 Å². The third-order valence-corrected chi connectivity index (χ3v) is 4.57. The molecule has 0 radical (unpaired) electrons. The predicted molar refractivity (Wildman–Crippen MR) is 92.8 cm³/mol. The minimum Gasteiger partial charge on any atom is -0.465 e. The lowest BCUT2D eigenvalue weighted by molar-refractivity contribution is 0.200. The quantitative estimate of drug-likeness (QED) is 0.908. The molecule has 1 aliphatic heterocycles. The molecule has 0 spiro atoms. The van der Waals surface area contributed by atoms with E-state index in [4.69, 9.17) is 0 Å². The molecule has 4 nitrogen and oxygen atoms in total. The van der Waals surface area contributed by atoms with Crippen molar-refractivity contribution < 1.29 is 18.7 Å². The summed E-state index contributed by atoms with van der Waals surface area (Å²) >= 11 is 0. The molecule has 1 saturated heterocycles. The Morgan fingerprint density at radius 3 is 2.64 bits per heavy atom. The summed E-state index contributed by atoms with van der Waals surface area (Å²) in [7, 11) is 1.99. The predicted octanol–water partition coefficient (Wildman–Crippen LogP) is 4.07. The molecule has 1 fully saturated rings. The molecule has 0 saturated carbocycles. The van der Waals surface area contributed by atoms with Gasteiger partial charge >= 0.3 is 6.09 Å². The Hall–Kier alpha value is -2.47. The van der Waals surface area contributed by atoms with Gasteiger partial charge in [0.05, 0.1) is 5.69 Å². The summed E-state index contributed by atoms with van der Waals surface area (Å²) in [5.41, 5.74) is 0.729. The molecule has 1 amide bonds. The molecule has 6 heteroatoms. The summed E-state index contributed by atoms with van der Waals surface area (Å²) < 4.78 is 28.0. The number of halogens is 2. The van der Waals surface area contributed by atoms with E-state index in [1.165, 1.54) is 35.2 Å². The fourth-order valence-electron chi connectivity index (χ4n) is 3.35. The first-order valence-corrected chi connectivity index (χ1v) is 8.19. The van der Waals surface area contributed by atoms with Gasteiger partial charge in [-0.1, -0.05) is 18.2 Å². The Morgan fingerprint density at radius 2 is 2.00 bits per heavy atom. The van der Waals surface area contributed by atoms with Crippen LogP contribution in [-0.2, 0) is 0 Å². The molecule has 25 heavy (non-hydrogen) atoms. The number of rotatable bonds is 4. The Labute approximate surface area is 145 Å². The van der Waals surface area contributed by atoms with Crippen LogP contribution in [0.3, 0.4) is 0 Å². The summed E-state index contributed by atoms with van der Waals surface area (Å²) in [6.07, 6.45) is -0.227. The van der Waals surface area contributed by atoms with Crippen LogP contribution in [0.2, 0.25) is 0 Å². The van der Waals surface area contributed by atoms with Gasteiger partial charge in [0.15, 0.2) is 0 Å². The first-order valence-electron chi connectivity index (χ1n) is 8.19.